The van der Waals surface area contributed by atoms with Gasteiger partial charge >= 0.3 is 6.09 Å². The average molecular weight is 533 g/mol. The van der Waals surface area contributed by atoms with Crippen molar-refractivity contribution in [2.24, 2.45) is 5.92 Å². The number of carbonyl (C=O) groups excluding carboxylic acids is 1. The first kappa shape index (κ1) is 28.2. The van der Waals surface area contributed by atoms with Gasteiger partial charge in [0, 0.05) is 12.0 Å². The molecule has 1 heterocycles. The first-order valence-corrected chi connectivity index (χ1v) is 15.6. The first-order valence-electron chi connectivity index (χ1n) is 15.6. The van der Waals surface area contributed by atoms with Crippen molar-refractivity contribution >= 4 is 6.09 Å². The normalized spacial score (nSPS) is 27.2. The van der Waals surface area contributed by atoms with E-state index in [4.69, 9.17) is 4.74 Å². The summed E-state index contributed by atoms with van der Waals surface area (Å²) in [5.41, 5.74) is 3.53. The fourth-order valence-electron chi connectivity index (χ4n) is 7.78. The molecular formula is C34H48N2O3. The molecule has 0 radical (unpaired) electrons. The van der Waals surface area contributed by atoms with E-state index in [1.54, 1.807) is 0 Å². The van der Waals surface area contributed by atoms with Crippen LogP contribution in [0, 0.1) is 5.92 Å². The number of nitrogens with zero attached hydrogens (tertiary/aromatic N) is 1. The Morgan fingerprint density at radius 3 is 2.64 bits per heavy atom. The van der Waals surface area contributed by atoms with Gasteiger partial charge in [0.25, 0.3) is 0 Å². The predicted molar refractivity (Wildman–Crippen MR) is 157 cm³/mol. The van der Waals surface area contributed by atoms with Crippen LogP contribution in [0.3, 0.4) is 0 Å². The van der Waals surface area contributed by atoms with Crippen molar-refractivity contribution in [1.29, 1.82) is 0 Å². The first-order chi connectivity index (χ1) is 19.0. The maximum atomic E-state index is 12.6. The van der Waals surface area contributed by atoms with Gasteiger partial charge in [-0.05, 0) is 119 Å². The van der Waals surface area contributed by atoms with Gasteiger partial charge in [-0.3, -0.25) is 0 Å². The van der Waals surface area contributed by atoms with E-state index in [-0.39, 0.29) is 11.5 Å². The minimum Gasteiger partial charge on any atom is -0.410 e. The number of hydrogen-bond donors (Lipinski definition) is 2. The van der Waals surface area contributed by atoms with Crippen LogP contribution in [-0.2, 0) is 18.3 Å². The molecular weight excluding hydrogens is 484 g/mol. The maximum absolute atomic E-state index is 12.6. The van der Waals surface area contributed by atoms with Crippen LogP contribution < -0.4 is 10.1 Å². The molecule has 1 saturated carbocycles. The van der Waals surface area contributed by atoms with Gasteiger partial charge in [0.05, 0.1) is 5.60 Å². The molecule has 2 aromatic carbocycles. The summed E-state index contributed by atoms with van der Waals surface area (Å²) in [5.74, 6) is 1.08. The molecule has 2 aromatic rings. The van der Waals surface area contributed by atoms with Crippen LogP contribution in [0.25, 0.3) is 0 Å². The number of carbonyl (C=O) groups is 1. The van der Waals surface area contributed by atoms with Gasteiger partial charge in [0.15, 0.2) is 0 Å². The van der Waals surface area contributed by atoms with Gasteiger partial charge in [-0.2, -0.15) is 0 Å². The average Bonchev–Trinajstić information content (AvgIpc) is 3.21. The second-order valence-corrected chi connectivity index (χ2v) is 12.5. The highest BCUT2D eigenvalue weighted by Gasteiger charge is 2.51. The van der Waals surface area contributed by atoms with Crippen LogP contribution in [0.15, 0.2) is 48.5 Å². The number of nitrogens with one attached hydrogen (secondary N) is 1. The lowest BCUT2D eigenvalue weighted by molar-refractivity contribution is -0.0565. The lowest BCUT2D eigenvalue weighted by atomic mass is 9.52. The quantitative estimate of drug-likeness (QED) is 0.349. The van der Waals surface area contributed by atoms with Gasteiger partial charge in [-0.1, -0.05) is 62.6 Å². The summed E-state index contributed by atoms with van der Waals surface area (Å²) in [6.07, 6.45) is 13.5. The summed E-state index contributed by atoms with van der Waals surface area (Å²) in [6, 6.07) is 17.1. The molecule has 5 heteroatoms. The van der Waals surface area contributed by atoms with Gasteiger partial charge in [-0.25, -0.2) is 4.79 Å². The molecule has 3 aliphatic rings. The Bertz CT molecular complexity index is 1080. The molecule has 0 aromatic heterocycles. The molecule has 1 unspecified atom stereocenters. The Balaban J connectivity index is 1.25. The summed E-state index contributed by atoms with van der Waals surface area (Å²) in [7, 11) is 0. The van der Waals surface area contributed by atoms with Gasteiger partial charge < -0.3 is 20.1 Å². The Kier molecular flexibility index (Phi) is 9.29. The van der Waals surface area contributed by atoms with E-state index in [1.807, 2.05) is 6.07 Å². The SMILES string of the molecule is CCC[C@@]1(O)CC[C@@]2(Cc3ccccc3)c3ccc(OC(=O)NCCCN4CCCCCC4)cc3CCC2C1. The Labute approximate surface area is 235 Å². The van der Waals surface area contributed by atoms with E-state index >= 15 is 0 Å². The predicted octanol–water partition coefficient (Wildman–Crippen LogP) is 6.80. The number of likely N-dealkylation sites (tertiary alicyclic amines) is 1. The van der Waals surface area contributed by atoms with Crippen molar-refractivity contribution in [3.05, 3.63) is 65.2 Å². The minimum atomic E-state index is -0.536. The van der Waals surface area contributed by atoms with Gasteiger partial charge in [0.2, 0.25) is 0 Å². The number of aliphatic hydroxyl groups is 1. The zero-order chi connectivity index (χ0) is 27.1. The lowest BCUT2D eigenvalue weighted by Crippen LogP contribution is -2.51. The van der Waals surface area contributed by atoms with Crippen LogP contribution >= 0.6 is 0 Å². The minimum absolute atomic E-state index is 0.0169. The molecule has 0 spiro atoms. The van der Waals surface area contributed by atoms with Crippen molar-refractivity contribution in [1.82, 2.24) is 10.2 Å². The van der Waals surface area contributed by atoms with Crippen LogP contribution in [0.1, 0.15) is 94.2 Å². The third kappa shape index (κ3) is 6.86. The van der Waals surface area contributed by atoms with Crippen molar-refractivity contribution in [3.63, 3.8) is 0 Å². The van der Waals surface area contributed by atoms with Crippen LogP contribution in [0.4, 0.5) is 4.79 Å². The molecule has 1 aliphatic heterocycles. The van der Waals surface area contributed by atoms with Crippen LogP contribution in [0.2, 0.25) is 0 Å². The summed E-state index contributed by atoms with van der Waals surface area (Å²) < 4.78 is 5.74. The molecule has 5 rings (SSSR count). The number of benzene rings is 2. The van der Waals surface area contributed by atoms with Crippen molar-refractivity contribution in [2.45, 2.75) is 101 Å². The zero-order valence-electron chi connectivity index (χ0n) is 23.9. The monoisotopic (exact) mass is 532 g/mol. The highest BCUT2D eigenvalue weighted by atomic mass is 16.6. The van der Waals surface area contributed by atoms with Crippen LogP contribution in [-0.4, -0.2) is 47.9 Å². The lowest BCUT2D eigenvalue weighted by Gasteiger charge is -2.53. The molecule has 5 nitrogen and oxygen atoms in total. The molecule has 1 saturated heterocycles. The van der Waals surface area contributed by atoms with Gasteiger partial charge in [-0.15, -0.1) is 0 Å². The van der Waals surface area contributed by atoms with E-state index in [0.29, 0.717) is 18.2 Å². The molecule has 2 N–H and O–H groups in total. The van der Waals surface area contributed by atoms with Gasteiger partial charge in [0.1, 0.15) is 5.75 Å². The van der Waals surface area contributed by atoms with Crippen molar-refractivity contribution in [2.75, 3.05) is 26.2 Å². The summed E-state index contributed by atoms with van der Waals surface area (Å²) >= 11 is 0. The molecule has 2 fully saturated rings. The van der Waals surface area contributed by atoms with E-state index in [1.165, 1.54) is 55.5 Å². The third-order valence-corrected chi connectivity index (χ3v) is 9.73. The van der Waals surface area contributed by atoms with Crippen molar-refractivity contribution in [3.8, 4) is 5.75 Å². The third-order valence-electron chi connectivity index (χ3n) is 9.73. The molecule has 212 valence electrons. The van der Waals surface area contributed by atoms with Crippen LogP contribution in [0.5, 0.6) is 5.75 Å². The summed E-state index contributed by atoms with van der Waals surface area (Å²) in [6.45, 7) is 6.22. The Morgan fingerprint density at radius 1 is 1.08 bits per heavy atom. The largest absolute Gasteiger partial charge is 0.412 e. The smallest absolute Gasteiger partial charge is 0.410 e. The Morgan fingerprint density at radius 2 is 1.87 bits per heavy atom. The molecule has 2 aliphatic carbocycles. The fourth-order valence-corrected chi connectivity index (χ4v) is 7.78. The van der Waals surface area contributed by atoms with E-state index in [9.17, 15) is 9.90 Å². The maximum Gasteiger partial charge on any atom is 0.412 e. The summed E-state index contributed by atoms with van der Waals surface area (Å²) in [5, 5.41) is 14.3. The fraction of sp³-hybridized carbons (Fsp3) is 0.618. The highest BCUT2D eigenvalue weighted by molar-refractivity contribution is 5.70. The molecule has 39 heavy (non-hydrogen) atoms. The topological polar surface area (TPSA) is 61.8 Å². The number of rotatable bonds is 9. The number of amides is 1. The second-order valence-electron chi connectivity index (χ2n) is 12.5. The van der Waals surface area contributed by atoms with E-state index in [0.717, 1.165) is 64.3 Å². The molecule has 1 amide bonds. The number of fused-ring (bicyclic) bond motifs is 3. The van der Waals surface area contributed by atoms with E-state index in [2.05, 4.69) is 59.6 Å². The summed E-state index contributed by atoms with van der Waals surface area (Å²) in [4.78, 5) is 15.1. The molecule has 0 bridgehead atoms. The van der Waals surface area contributed by atoms with E-state index < -0.39 is 5.60 Å². The highest BCUT2D eigenvalue weighted by Crippen LogP contribution is 2.55. The number of hydrogen-bond acceptors (Lipinski definition) is 4. The Hall–Kier alpha value is -2.37. The standard InChI is InChI=1S/C34H48N2O3/c1-2-17-33(38)18-19-34(25-27-11-6-5-7-12-27)29(26-33)14-13-28-24-30(15-16-31(28)34)39-32(37)35-20-10-23-36-21-8-3-4-9-22-36/h5-7,11-12,15-16,24,29,38H,2-4,8-10,13-14,17-23,25-26H2,1H3,(H,35,37)/t29?,33-,34+/m1/s1. The second kappa shape index (κ2) is 12.9. The number of ether oxygens (including phenoxy) is 1. The molecule has 3 atom stereocenters. The zero-order valence-corrected chi connectivity index (χ0v) is 23.9. The van der Waals surface area contributed by atoms with Crippen molar-refractivity contribution < 1.29 is 14.6 Å². The number of aryl methyl sites for hydroxylation is 1.